The number of hydrogen-bond acceptors (Lipinski definition) is 2. The summed E-state index contributed by atoms with van der Waals surface area (Å²) < 4.78 is 18.3. The van der Waals surface area contributed by atoms with Crippen LogP contribution in [0.4, 0.5) is 4.39 Å². The minimum absolute atomic E-state index is 0.109. The molecule has 2 aromatic rings. The summed E-state index contributed by atoms with van der Waals surface area (Å²) in [6, 6.07) is 7.22. The van der Waals surface area contributed by atoms with Crippen LogP contribution in [0.3, 0.4) is 0 Å². The number of aliphatic hydroxyl groups excluding tert-OH is 1. The zero-order chi connectivity index (χ0) is 10.8. The summed E-state index contributed by atoms with van der Waals surface area (Å²) in [5, 5.41) is 10.2. The molecule has 1 aromatic carbocycles. The summed E-state index contributed by atoms with van der Waals surface area (Å²) in [4.78, 5) is 0. The summed E-state index contributed by atoms with van der Waals surface area (Å²) in [6.45, 7) is 0. The number of halogens is 2. The van der Waals surface area contributed by atoms with E-state index in [4.69, 9.17) is 16.0 Å². The molecule has 0 amide bonds. The van der Waals surface area contributed by atoms with Crippen molar-refractivity contribution in [1.29, 1.82) is 0 Å². The van der Waals surface area contributed by atoms with E-state index in [1.807, 2.05) is 0 Å². The number of hydrogen-bond donors (Lipinski definition) is 1. The molecule has 0 saturated carbocycles. The summed E-state index contributed by atoms with van der Waals surface area (Å²) in [6.07, 6.45) is 0.291. The van der Waals surface area contributed by atoms with Crippen molar-refractivity contribution in [3.05, 3.63) is 58.8 Å². The molecule has 0 aliphatic carbocycles. The Labute approximate surface area is 90.9 Å². The Morgan fingerprint density at radius 2 is 2.13 bits per heavy atom. The van der Waals surface area contributed by atoms with Crippen LogP contribution in [0.1, 0.15) is 17.4 Å². The average Bonchev–Trinajstić information content (AvgIpc) is 2.74. The standard InChI is InChI=1S/C11H8ClFO2/c12-7-3-4-9(13)8(6-7)11(14)10-2-1-5-15-10/h1-6,11,14H. The van der Waals surface area contributed by atoms with Gasteiger partial charge in [-0.05, 0) is 30.3 Å². The molecule has 1 unspecified atom stereocenters. The van der Waals surface area contributed by atoms with Crippen LogP contribution in [-0.2, 0) is 0 Å². The van der Waals surface area contributed by atoms with Crippen LogP contribution in [0.25, 0.3) is 0 Å². The molecule has 2 nitrogen and oxygen atoms in total. The van der Waals surface area contributed by atoms with E-state index in [0.29, 0.717) is 5.02 Å². The fraction of sp³-hybridized carbons (Fsp3) is 0.0909. The highest BCUT2D eigenvalue weighted by Gasteiger charge is 2.17. The van der Waals surface area contributed by atoms with Crippen molar-refractivity contribution in [3.63, 3.8) is 0 Å². The van der Waals surface area contributed by atoms with Gasteiger partial charge < -0.3 is 9.52 Å². The van der Waals surface area contributed by atoms with Crippen molar-refractivity contribution in [2.75, 3.05) is 0 Å². The lowest BCUT2D eigenvalue weighted by Crippen LogP contribution is -2.01. The summed E-state index contributed by atoms with van der Waals surface area (Å²) >= 11 is 5.71. The second-order valence-corrected chi connectivity index (χ2v) is 3.52. The van der Waals surface area contributed by atoms with Crippen molar-refractivity contribution in [2.24, 2.45) is 0 Å². The van der Waals surface area contributed by atoms with E-state index in [0.717, 1.165) is 0 Å². The van der Waals surface area contributed by atoms with Crippen molar-refractivity contribution in [1.82, 2.24) is 0 Å². The van der Waals surface area contributed by atoms with Crippen LogP contribution in [0.2, 0.25) is 5.02 Å². The van der Waals surface area contributed by atoms with Crippen LogP contribution in [-0.4, -0.2) is 5.11 Å². The van der Waals surface area contributed by atoms with Crippen LogP contribution in [0, 0.1) is 5.82 Å². The van der Waals surface area contributed by atoms with Gasteiger partial charge >= 0.3 is 0 Å². The molecule has 0 aliphatic rings. The zero-order valence-corrected chi connectivity index (χ0v) is 8.41. The van der Waals surface area contributed by atoms with E-state index >= 15 is 0 Å². The van der Waals surface area contributed by atoms with E-state index < -0.39 is 11.9 Å². The molecule has 0 aliphatic heterocycles. The molecular weight excluding hydrogens is 219 g/mol. The Balaban J connectivity index is 2.41. The molecule has 1 N–H and O–H groups in total. The highest BCUT2D eigenvalue weighted by Crippen LogP contribution is 2.26. The van der Waals surface area contributed by atoms with E-state index in [1.54, 1.807) is 12.1 Å². The molecule has 78 valence electrons. The third-order valence-corrected chi connectivity index (χ3v) is 2.30. The first-order chi connectivity index (χ1) is 7.18. The summed E-state index contributed by atoms with van der Waals surface area (Å²) in [5.74, 6) is -0.223. The molecule has 1 heterocycles. The normalized spacial score (nSPS) is 12.7. The van der Waals surface area contributed by atoms with E-state index in [2.05, 4.69) is 0 Å². The molecule has 1 atom stereocenters. The van der Waals surface area contributed by atoms with E-state index in [1.165, 1.54) is 24.5 Å². The monoisotopic (exact) mass is 226 g/mol. The number of rotatable bonds is 2. The highest BCUT2D eigenvalue weighted by atomic mass is 35.5. The number of benzene rings is 1. The van der Waals surface area contributed by atoms with Crippen LogP contribution < -0.4 is 0 Å². The SMILES string of the molecule is OC(c1ccco1)c1cc(Cl)ccc1F. The minimum atomic E-state index is -1.13. The second-order valence-electron chi connectivity index (χ2n) is 3.08. The minimum Gasteiger partial charge on any atom is -0.466 e. The smallest absolute Gasteiger partial charge is 0.139 e. The molecule has 0 fully saturated rings. The quantitative estimate of drug-likeness (QED) is 0.853. The van der Waals surface area contributed by atoms with Gasteiger partial charge in [0, 0.05) is 10.6 Å². The van der Waals surface area contributed by atoms with E-state index in [-0.39, 0.29) is 11.3 Å². The van der Waals surface area contributed by atoms with Gasteiger partial charge in [0.05, 0.1) is 6.26 Å². The first-order valence-electron chi connectivity index (χ1n) is 4.35. The average molecular weight is 227 g/mol. The van der Waals surface area contributed by atoms with Crippen molar-refractivity contribution in [3.8, 4) is 0 Å². The van der Waals surface area contributed by atoms with Crippen LogP contribution in [0.5, 0.6) is 0 Å². The Morgan fingerprint density at radius 1 is 1.33 bits per heavy atom. The summed E-state index contributed by atoms with van der Waals surface area (Å²) in [5.41, 5.74) is 0.109. The molecular formula is C11H8ClFO2. The van der Waals surface area contributed by atoms with Crippen molar-refractivity contribution in [2.45, 2.75) is 6.10 Å². The van der Waals surface area contributed by atoms with Gasteiger partial charge in [0.15, 0.2) is 0 Å². The van der Waals surface area contributed by atoms with Gasteiger partial charge in [-0.2, -0.15) is 0 Å². The molecule has 0 spiro atoms. The maximum absolute atomic E-state index is 13.4. The van der Waals surface area contributed by atoms with Crippen LogP contribution >= 0.6 is 11.6 Å². The van der Waals surface area contributed by atoms with Gasteiger partial charge in [-0.15, -0.1) is 0 Å². The molecule has 2 rings (SSSR count). The van der Waals surface area contributed by atoms with Crippen LogP contribution in [0.15, 0.2) is 41.0 Å². The van der Waals surface area contributed by atoms with Gasteiger partial charge in [0.2, 0.25) is 0 Å². The third kappa shape index (κ3) is 2.03. The Morgan fingerprint density at radius 3 is 2.80 bits per heavy atom. The van der Waals surface area contributed by atoms with Gasteiger partial charge in [-0.3, -0.25) is 0 Å². The maximum Gasteiger partial charge on any atom is 0.139 e. The zero-order valence-electron chi connectivity index (χ0n) is 7.65. The molecule has 1 aromatic heterocycles. The first kappa shape index (κ1) is 10.2. The topological polar surface area (TPSA) is 33.4 Å². The van der Waals surface area contributed by atoms with Gasteiger partial charge in [-0.1, -0.05) is 11.6 Å². The Kier molecular flexibility index (Phi) is 2.75. The second kappa shape index (κ2) is 4.04. The fourth-order valence-electron chi connectivity index (χ4n) is 1.32. The van der Waals surface area contributed by atoms with Gasteiger partial charge in [-0.25, -0.2) is 4.39 Å². The molecule has 0 bridgehead atoms. The number of furan rings is 1. The molecule has 0 saturated heterocycles. The predicted molar refractivity (Wildman–Crippen MR) is 54.2 cm³/mol. The maximum atomic E-state index is 13.4. The lowest BCUT2D eigenvalue weighted by atomic mass is 10.1. The van der Waals surface area contributed by atoms with Gasteiger partial charge in [0.25, 0.3) is 0 Å². The number of aliphatic hydroxyl groups is 1. The van der Waals surface area contributed by atoms with Gasteiger partial charge in [0.1, 0.15) is 17.7 Å². The highest BCUT2D eigenvalue weighted by molar-refractivity contribution is 6.30. The van der Waals surface area contributed by atoms with Crippen molar-refractivity contribution < 1.29 is 13.9 Å². The largest absolute Gasteiger partial charge is 0.466 e. The third-order valence-electron chi connectivity index (χ3n) is 2.07. The van der Waals surface area contributed by atoms with E-state index in [9.17, 15) is 9.50 Å². The fourth-order valence-corrected chi connectivity index (χ4v) is 1.50. The van der Waals surface area contributed by atoms with Crippen molar-refractivity contribution >= 4 is 11.6 Å². The predicted octanol–water partition coefficient (Wildman–Crippen LogP) is 3.15. The lowest BCUT2D eigenvalue weighted by molar-refractivity contribution is 0.185. The Hall–Kier alpha value is -1.32. The molecule has 15 heavy (non-hydrogen) atoms. The molecule has 0 radical (unpaired) electrons. The summed E-state index contributed by atoms with van der Waals surface area (Å²) in [7, 11) is 0. The lowest BCUT2D eigenvalue weighted by Gasteiger charge is -2.09. The molecule has 4 heteroatoms. The first-order valence-corrected chi connectivity index (χ1v) is 4.72. The Bertz CT molecular complexity index is 454.